The largest absolute Gasteiger partial charge is 0.370 e. The van der Waals surface area contributed by atoms with Crippen molar-refractivity contribution < 1.29 is 18.0 Å². The predicted molar refractivity (Wildman–Crippen MR) is 44.8 cm³/mol. The van der Waals surface area contributed by atoms with E-state index >= 15 is 0 Å². The summed E-state index contributed by atoms with van der Waals surface area (Å²) >= 11 is 0. The van der Waals surface area contributed by atoms with Crippen molar-refractivity contribution in [3.05, 3.63) is 0 Å². The minimum atomic E-state index is -3.64. The lowest BCUT2D eigenvalue weighted by Gasteiger charge is -2.08. The second-order valence-corrected chi connectivity index (χ2v) is 4.26. The second-order valence-electron chi connectivity index (χ2n) is 2.52. The zero-order valence-electron chi connectivity index (χ0n) is 6.98. The van der Waals surface area contributed by atoms with Gasteiger partial charge in [-0.1, -0.05) is 0 Å². The molecule has 0 saturated carbocycles. The van der Waals surface area contributed by atoms with Gasteiger partial charge in [0.15, 0.2) is 0 Å². The van der Waals surface area contributed by atoms with E-state index in [0.717, 1.165) is 6.26 Å². The molecular formula is C5H11N3O4S. The van der Waals surface area contributed by atoms with Crippen molar-refractivity contribution in [3.63, 3.8) is 0 Å². The zero-order chi connectivity index (χ0) is 10.6. The second kappa shape index (κ2) is 4.19. The molecule has 0 aromatic rings. The van der Waals surface area contributed by atoms with Crippen LogP contribution in [-0.4, -0.2) is 32.5 Å². The van der Waals surface area contributed by atoms with Crippen molar-refractivity contribution in [3.8, 4) is 0 Å². The third kappa shape index (κ3) is 6.05. The van der Waals surface area contributed by atoms with Crippen LogP contribution in [0.25, 0.3) is 0 Å². The molecule has 13 heavy (non-hydrogen) atoms. The first-order valence-electron chi connectivity index (χ1n) is 3.28. The number of nitrogens with one attached hydrogen (secondary N) is 1. The van der Waals surface area contributed by atoms with Crippen LogP contribution >= 0.6 is 0 Å². The van der Waals surface area contributed by atoms with Gasteiger partial charge < -0.3 is 11.5 Å². The molecule has 8 heteroatoms. The summed E-state index contributed by atoms with van der Waals surface area (Å²) in [4.78, 5) is 21.2. The average Bonchev–Trinajstić information content (AvgIpc) is 1.81. The summed E-state index contributed by atoms with van der Waals surface area (Å²) in [6.45, 7) is 0. The van der Waals surface area contributed by atoms with E-state index in [-0.39, 0.29) is 6.42 Å². The topological polar surface area (TPSA) is 132 Å². The zero-order valence-corrected chi connectivity index (χ0v) is 7.80. The van der Waals surface area contributed by atoms with Crippen molar-refractivity contribution in [2.45, 2.75) is 12.5 Å². The first-order chi connectivity index (χ1) is 5.72. The molecule has 1 unspecified atom stereocenters. The summed E-state index contributed by atoms with van der Waals surface area (Å²) in [6, 6.07) is -1.23. The van der Waals surface area contributed by atoms with E-state index in [4.69, 9.17) is 11.5 Å². The Morgan fingerprint density at radius 1 is 1.46 bits per heavy atom. The number of hydrogen-bond donors (Lipinski definition) is 3. The van der Waals surface area contributed by atoms with Crippen LogP contribution in [0.15, 0.2) is 0 Å². The number of carbonyl (C=O) groups is 2. The van der Waals surface area contributed by atoms with Crippen LogP contribution in [0, 0.1) is 0 Å². The van der Waals surface area contributed by atoms with Crippen LogP contribution in [0.2, 0.25) is 0 Å². The fourth-order valence-corrected chi connectivity index (χ4v) is 1.08. The monoisotopic (exact) mass is 209 g/mol. The maximum Gasteiger partial charge on any atom is 0.250 e. The van der Waals surface area contributed by atoms with E-state index in [1.165, 1.54) is 0 Å². The van der Waals surface area contributed by atoms with Crippen molar-refractivity contribution in [2.24, 2.45) is 11.5 Å². The molecular weight excluding hydrogens is 198 g/mol. The number of sulfonamides is 1. The standard InChI is InChI=1S/C5H11N3O4S/c1-13(11,12)8-5(10)3(6)2-4(7)9/h3H,2,6H2,1H3,(H2,7,9)(H,8,10). The summed E-state index contributed by atoms with van der Waals surface area (Å²) in [5, 5.41) is 0. The van der Waals surface area contributed by atoms with Crippen molar-refractivity contribution in [1.29, 1.82) is 0 Å². The molecule has 76 valence electrons. The highest BCUT2D eigenvalue weighted by Crippen LogP contribution is 1.88. The van der Waals surface area contributed by atoms with Gasteiger partial charge in [0.05, 0.1) is 18.7 Å². The lowest BCUT2D eigenvalue weighted by Crippen LogP contribution is -2.44. The smallest absolute Gasteiger partial charge is 0.250 e. The Kier molecular flexibility index (Phi) is 3.82. The highest BCUT2D eigenvalue weighted by atomic mass is 32.2. The molecule has 5 N–H and O–H groups in total. The van der Waals surface area contributed by atoms with Crippen LogP contribution in [0.5, 0.6) is 0 Å². The fraction of sp³-hybridized carbons (Fsp3) is 0.600. The van der Waals surface area contributed by atoms with E-state index in [0.29, 0.717) is 0 Å². The minimum absolute atomic E-state index is 0.388. The third-order valence-electron chi connectivity index (χ3n) is 1.04. The van der Waals surface area contributed by atoms with Gasteiger partial charge in [-0.15, -0.1) is 0 Å². The number of hydrogen-bond acceptors (Lipinski definition) is 5. The maximum atomic E-state index is 10.9. The number of amides is 2. The maximum absolute atomic E-state index is 10.9. The number of nitrogens with two attached hydrogens (primary N) is 2. The van der Waals surface area contributed by atoms with E-state index < -0.39 is 27.9 Å². The molecule has 7 nitrogen and oxygen atoms in total. The quantitative estimate of drug-likeness (QED) is 0.462. The summed E-state index contributed by atoms with van der Waals surface area (Å²) < 4.78 is 22.7. The molecule has 0 rings (SSSR count). The molecule has 0 heterocycles. The van der Waals surface area contributed by atoms with Gasteiger partial charge in [-0.25, -0.2) is 8.42 Å². The molecule has 0 aliphatic rings. The predicted octanol–water partition coefficient (Wildman–Crippen LogP) is -2.74. The van der Waals surface area contributed by atoms with Crippen LogP contribution in [0.3, 0.4) is 0 Å². The van der Waals surface area contributed by atoms with Gasteiger partial charge in [0, 0.05) is 0 Å². The Morgan fingerprint density at radius 2 is 1.92 bits per heavy atom. The number of carbonyl (C=O) groups excluding carboxylic acids is 2. The summed E-state index contributed by atoms with van der Waals surface area (Å²) in [6.07, 6.45) is 0.420. The van der Waals surface area contributed by atoms with Crippen molar-refractivity contribution in [1.82, 2.24) is 4.72 Å². The first-order valence-corrected chi connectivity index (χ1v) is 5.17. The van der Waals surface area contributed by atoms with E-state index in [1.807, 2.05) is 0 Å². The summed E-state index contributed by atoms with van der Waals surface area (Å²) in [5.74, 6) is -1.71. The SMILES string of the molecule is CS(=O)(=O)NC(=O)C(N)CC(N)=O. The summed E-state index contributed by atoms with van der Waals surface area (Å²) in [7, 11) is -3.64. The summed E-state index contributed by atoms with van der Waals surface area (Å²) in [5.41, 5.74) is 9.89. The number of primary amides is 1. The Hall–Kier alpha value is -1.15. The lowest BCUT2D eigenvalue weighted by atomic mass is 10.2. The molecule has 0 bridgehead atoms. The van der Waals surface area contributed by atoms with Gasteiger partial charge in [0.2, 0.25) is 15.9 Å². The van der Waals surface area contributed by atoms with Gasteiger partial charge in [-0.3, -0.25) is 14.3 Å². The van der Waals surface area contributed by atoms with Gasteiger partial charge >= 0.3 is 0 Å². The molecule has 0 aliphatic carbocycles. The molecule has 0 aliphatic heterocycles. The van der Waals surface area contributed by atoms with E-state index in [9.17, 15) is 18.0 Å². The Labute approximate surface area is 75.5 Å². The Morgan fingerprint density at radius 3 is 2.23 bits per heavy atom. The van der Waals surface area contributed by atoms with Gasteiger partial charge in [0.25, 0.3) is 5.91 Å². The molecule has 0 saturated heterocycles. The van der Waals surface area contributed by atoms with Crippen LogP contribution < -0.4 is 16.2 Å². The molecule has 0 aromatic carbocycles. The van der Waals surface area contributed by atoms with Gasteiger partial charge in [-0.05, 0) is 0 Å². The van der Waals surface area contributed by atoms with Crippen LogP contribution in [0.1, 0.15) is 6.42 Å². The van der Waals surface area contributed by atoms with E-state index in [1.54, 1.807) is 4.72 Å². The Bertz CT molecular complexity index is 310. The minimum Gasteiger partial charge on any atom is -0.370 e. The van der Waals surface area contributed by atoms with Gasteiger partial charge in [-0.2, -0.15) is 0 Å². The molecule has 2 amide bonds. The molecule has 0 radical (unpaired) electrons. The highest BCUT2D eigenvalue weighted by molar-refractivity contribution is 7.89. The Balaban J connectivity index is 4.21. The van der Waals surface area contributed by atoms with Crippen LogP contribution in [-0.2, 0) is 19.6 Å². The number of rotatable bonds is 4. The highest BCUT2D eigenvalue weighted by Gasteiger charge is 2.18. The first kappa shape index (κ1) is 11.8. The molecule has 0 fully saturated rings. The van der Waals surface area contributed by atoms with Crippen molar-refractivity contribution in [2.75, 3.05) is 6.26 Å². The normalized spacial score (nSPS) is 13.4. The molecule has 1 atom stereocenters. The third-order valence-corrected chi connectivity index (χ3v) is 1.62. The fourth-order valence-electron chi connectivity index (χ4n) is 0.568. The van der Waals surface area contributed by atoms with E-state index in [2.05, 4.69) is 0 Å². The average molecular weight is 209 g/mol. The van der Waals surface area contributed by atoms with Crippen LogP contribution in [0.4, 0.5) is 0 Å². The molecule has 0 spiro atoms. The van der Waals surface area contributed by atoms with Crippen molar-refractivity contribution >= 4 is 21.8 Å². The lowest BCUT2D eigenvalue weighted by molar-refractivity contribution is -0.125. The van der Waals surface area contributed by atoms with Gasteiger partial charge in [0.1, 0.15) is 0 Å². The molecule has 0 aromatic heterocycles.